The van der Waals surface area contributed by atoms with Gasteiger partial charge in [-0.25, -0.2) is 0 Å². The van der Waals surface area contributed by atoms with E-state index in [1.807, 2.05) is 0 Å². The van der Waals surface area contributed by atoms with Gasteiger partial charge in [0, 0.05) is 33.3 Å². The van der Waals surface area contributed by atoms with Gasteiger partial charge in [0.25, 0.3) is 0 Å². The van der Waals surface area contributed by atoms with Crippen LogP contribution in [0.15, 0.2) is 255 Å². The SMILES string of the molecule is c1ccc(-c2ccc(N(c3ccc(-c4ccccc4-n4c5ccccc5c5cc6ccccc6cc54)cc3)c3ccc(-c4ccc5ccccc5c4)cc3-c3ccccc3)cc2)cc1. The van der Waals surface area contributed by atoms with Crippen LogP contribution < -0.4 is 4.90 Å². The van der Waals surface area contributed by atoms with Gasteiger partial charge < -0.3 is 9.47 Å². The molecule has 2 nitrogen and oxygen atoms in total. The van der Waals surface area contributed by atoms with Crippen molar-refractivity contribution in [3.05, 3.63) is 255 Å². The van der Waals surface area contributed by atoms with Crippen molar-refractivity contribution >= 4 is 60.4 Å². The second-order valence-electron chi connectivity index (χ2n) is 16.5. The Kier molecular flexibility index (Phi) is 9.20. The highest BCUT2D eigenvalue weighted by atomic mass is 15.1. The first-order chi connectivity index (χ1) is 31.7. The summed E-state index contributed by atoms with van der Waals surface area (Å²) in [6, 6.07) is 92.8. The molecule has 0 fully saturated rings. The number of benzene rings is 11. The molecule has 0 aliphatic rings. The Labute approximate surface area is 373 Å². The van der Waals surface area contributed by atoms with Gasteiger partial charge in [0.05, 0.1) is 22.4 Å². The molecule has 2 heteroatoms. The molecule has 0 radical (unpaired) electrons. The number of rotatable bonds is 8. The van der Waals surface area contributed by atoms with Crippen LogP contribution >= 0.6 is 0 Å². The highest BCUT2D eigenvalue weighted by Gasteiger charge is 2.21. The fourth-order valence-electron chi connectivity index (χ4n) is 9.61. The maximum atomic E-state index is 2.45. The highest BCUT2D eigenvalue weighted by Crippen LogP contribution is 2.45. The highest BCUT2D eigenvalue weighted by molar-refractivity contribution is 6.14. The van der Waals surface area contributed by atoms with Crippen molar-refractivity contribution < 1.29 is 0 Å². The number of anilines is 3. The minimum absolute atomic E-state index is 1.08. The average molecular weight is 815 g/mol. The molecule has 0 unspecified atom stereocenters. The molecule has 64 heavy (non-hydrogen) atoms. The van der Waals surface area contributed by atoms with E-state index in [0.717, 1.165) is 39.4 Å². The van der Waals surface area contributed by atoms with E-state index in [0.29, 0.717) is 0 Å². The van der Waals surface area contributed by atoms with Gasteiger partial charge in [0.1, 0.15) is 0 Å². The topological polar surface area (TPSA) is 8.17 Å². The fourth-order valence-corrected chi connectivity index (χ4v) is 9.61. The van der Waals surface area contributed by atoms with Crippen molar-refractivity contribution in [2.24, 2.45) is 0 Å². The lowest BCUT2D eigenvalue weighted by molar-refractivity contribution is 1.18. The third-order valence-electron chi connectivity index (χ3n) is 12.8. The maximum absolute atomic E-state index is 2.45. The Hall–Kier alpha value is -8.46. The van der Waals surface area contributed by atoms with E-state index >= 15 is 0 Å². The Morgan fingerprint density at radius 1 is 0.266 bits per heavy atom. The quantitative estimate of drug-likeness (QED) is 0.148. The number of hydrogen-bond acceptors (Lipinski definition) is 1. The summed E-state index contributed by atoms with van der Waals surface area (Å²) >= 11 is 0. The van der Waals surface area contributed by atoms with Crippen LogP contribution in [0.2, 0.25) is 0 Å². The smallest absolute Gasteiger partial charge is 0.0547 e. The minimum Gasteiger partial charge on any atom is -0.310 e. The molecule has 0 atom stereocenters. The summed E-state index contributed by atoms with van der Waals surface area (Å²) < 4.78 is 2.45. The van der Waals surface area contributed by atoms with E-state index in [9.17, 15) is 0 Å². The van der Waals surface area contributed by atoms with Crippen molar-refractivity contribution in [3.8, 4) is 50.2 Å². The summed E-state index contributed by atoms with van der Waals surface area (Å²) in [4.78, 5) is 2.41. The lowest BCUT2D eigenvalue weighted by atomic mass is 9.95. The number of para-hydroxylation sites is 2. The predicted molar refractivity (Wildman–Crippen MR) is 272 cm³/mol. The number of nitrogens with zero attached hydrogens (tertiary/aromatic N) is 2. The first-order valence-electron chi connectivity index (χ1n) is 22.0. The van der Waals surface area contributed by atoms with Crippen molar-refractivity contribution in [1.29, 1.82) is 0 Å². The summed E-state index contributed by atoms with van der Waals surface area (Å²) in [7, 11) is 0. The Morgan fingerprint density at radius 2 is 0.766 bits per heavy atom. The number of hydrogen-bond donors (Lipinski definition) is 0. The van der Waals surface area contributed by atoms with Gasteiger partial charge in [-0.1, -0.05) is 188 Å². The zero-order valence-corrected chi connectivity index (χ0v) is 35.1. The molecule has 1 heterocycles. The molecule has 12 aromatic rings. The first kappa shape index (κ1) is 37.3. The number of aromatic nitrogens is 1. The normalized spacial score (nSPS) is 11.4. The standard InChI is InChI=1S/C62H42N2/c1-3-15-43(16-4-1)45-29-34-53(35-30-45)63(61-38-33-52(40-57(61)46-18-5-2-6-19-46)51-28-27-44-17-7-8-20-48(44)39-51)54-36-31-47(32-37-54)55-23-11-13-25-59(55)64-60-26-14-12-24-56(60)58-41-49-21-9-10-22-50(49)42-62(58)64/h1-42H. The van der Waals surface area contributed by atoms with Gasteiger partial charge in [0.15, 0.2) is 0 Å². The van der Waals surface area contributed by atoms with Crippen LogP contribution in [0.3, 0.4) is 0 Å². The molecule has 12 rings (SSSR count). The van der Waals surface area contributed by atoms with Crippen LogP contribution in [0.25, 0.3) is 93.5 Å². The summed E-state index contributed by atoms with van der Waals surface area (Å²) in [5.74, 6) is 0. The van der Waals surface area contributed by atoms with Crippen LogP contribution in [-0.2, 0) is 0 Å². The third-order valence-corrected chi connectivity index (χ3v) is 12.8. The molecule has 1 aromatic heterocycles. The van der Waals surface area contributed by atoms with E-state index in [-0.39, 0.29) is 0 Å². The molecule has 0 amide bonds. The van der Waals surface area contributed by atoms with Gasteiger partial charge in [-0.2, -0.15) is 0 Å². The van der Waals surface area contributed by atoms with Crippen LogP contribution in [0.5, 0.6) is 0 Å². The first-order valence-corrected chi connectivity index (χ1v) is 22.0. The minimum atomic E-state index is 1.08. The van der Waals surface area contributed by atoms with E-state index < -0.39 is 0 Å². The summed E-state index contributed by atoms with van der Waals surface area (Å²) in [6.45, 7) is 0. The van der Waals surface area contributed by atoms with E-state index in [2.05, 4.69) is 264 Å². The molecule has 0 saturated carbocycles. The molecule has 300 valence electrons. The largest absolute Gasteiger partial charge is 0.310 e. The van der Waals surface area contributed by atoms with Crippen molar-refractivity contribution in [2.45, 2.75) is 0 Å². The zero-order chi connectivity index (χ0) is 42.4. The molecule has 0 bridgehead atoms. The molecule has 11 aromatic carbocycles. The zero-order valence-electron chi connectivity index (χ0n) is 35.1. The van der Waals surface area contributed by atoms with E-state index in [4.69, 9.17) is 0 Å². The Balaban J connectivity index is 1.01. The molecular formula is C62H42N2. The van der Waals surface area contributed by atoms with Crippen LogP contribution in [0.4, 0.5) is 17.1 Å². The maximum Gasteiger partial charge on any atom is 0.0547 e. The molecule has 0 spiro atoms. The lowest BCUT2D eigenvalue weighted by Gasteiger charge is -2.29. The van der Waals surface area contributed by atoms with Gasteiger partial charge in [-0.05, 0) is 122 Å². The average Bonchev–Trinajstić information content (AvgIpc) is 3.69. The van der Waals surface area contributed by atoms with Crippen LogP contribution in [-0.4, -0.2) is 4.57 Å². The Bertz CT molecular complexity index is 3640. The van der Waals surface area contributed by atoms with Gasteiger partial charge in [-0.15, -0.1) is 0 Å². The molecule has 0 saturated heterocycles. The fraction of sp³-hybridized carbons (Fsp3) is 0. The van der Waals surface area contributed by atoms with E-state index in [1.165, 1.54) is 71.2 Å². The summed E-state index contributed by atoms with van der Waals surface area (Å²) in [6.07, 6.45) is 0. The second-order valence-corrected chi connectivity index (χ2v) is 16.5. The lowest BCUT2D eigenvalue weighted by Crippen LogP contribution is -2.11. The van der Waals surface area contributed by atoms with Crippen molar-refractivity contribution in [1.82, 2.24) is 4.57 Å². The van der Waals surface area contributed by atoms with Crippen LogP contribution in [0.1, 0.15) is 0 Å². The Morgan fingerprint density at radius 3 is 1.50 bits per heavy atom. The molecular weight excluding hydrogens is 773 g/mol. The summed E-state index contributed by atoms with van der Waals surface area (Å²) in [5, 5.41) is 7.47. The van der Waals surface area contributed by atoms with Gasteiger partial charge in [-0.3, -0.25) is 0 Å². The molecule has 0 aliphatic heterocycles. The molecule has 0 aliphatic carbocycles. The van der Waals surface area contributed by atoms with E-state index in [1.54, 1.807) is 0 Å². The number of fused-ring (bicyclic) bond motifs is 5. The monoisotopic (exact) mass is 814 g/mol. The van der Waals surface area contributed by atoms with Crippen molar-refractivity contribution in [3.63, 3.8) is 0 Å². The second kappa shape index (κ2) is 15.8. The van der Waals surface area contributed by atoms with Gasteiger partial charge in [0.2, 0.25) is 0 Å². The van der Waals surface area contributed by atoms with Crippen LogP contribution in [0, 0.1) is 0 Å². The van der Waals surface area contributed by atoms with Gasteiger partial charge >= 0.3 is 0 Å². The summed E-state index contributed by atoms with van der Waals surface area (Å²) in [5.41, 5.74) is 16.2. The predicted octanol–water partition coefficient (Wildman–Crippen LogP) is 17.2. The third kappa shape index (κ3) is 6.61. The molecule has 0 N–H and O–H groups in total. The van der Waals surface area contributed by atoms with Crippen molar-refractivity contribution in [2.75, 3.05) is 4.90 Å².